The smallest absolute Gasteiger partial charge is 0.129 e. The highest BCUT2D eigenvalue weighted by Crippen LogP contribution is 2.24. The van der Waals surface area contributed by atoms with Crippen molar-refractivity contribution in [3.05, 3.63) is 12.7 Å². The summed E-state index contributed by atoms with van der Waals surface area (Å²) in [5, 5.41) is 9.60. The Morgan fingerprint density at radius 3 is 2.07 bits per heavy atom. The second-order valence-corrected chi connectivity index (χ2v) is 15.8. The van der Waals surface area contributed by atoms with Gasteiger partial charge < -0.3 is 5.11 Å². The van der Waals surface area contributed by atoms with Gasteiger partial charge in [-0.25, -0.2) is 0 Å². The van der Waals surface area contributed by atoms with Crippen molar-refractivity contribution in [3.8, 4) is 11.5 Å². The van der Waals surface area contributed by atoms with Gasteiger partial charge >= 0.3 is 0 Å². The zero-order valence-electron chi connectivity index (χ0n) is 10.9. The van der Waals surface area contributed by atoms with Crippen molar-refractivity contribution in [3.63, 3.8) is 0 Å². The van der Waals surface area contributed by atoms with Crippen LogP contribution in [-0.4, -0.2) is 26.5 Å². The first-order valence-corrected chi connectivity index (χ1v) is 12.1. The third kappa shape index (κ3) is 4.83. The molecule has 0 fully saturated rings. The average Bonchev–Trinajstić information content (AvgIpc) is 1.99. The third-order valence-electron chi connectivity index (χ3n) is 2.65. The topological polar surface area (TPSA) is 20.2 Å². The molecule has 0 aromatic carbocycles. The Kier molecular flexibility index (Phi) is 4.59. The number of hydrogen-bond acceptors (Lipinski definition) is 1. The first kappa shape index (κ1) is 14.7. The molecule has 0 aliphatic rings. The van der Waals surface area contributed by atoms with Crippen LogP contribution < -0.4 is 0 Å². The monoisotopic (exact) mass is 240 g/mol. The summed E-state index contributed by atoms with van der Waals surface area (Å²) in [6.45, 7) is 16.5. The van der Waals surface area contributed by atoms with E-state index in [2.05, 4.69) is 50.8 Å². The molecule has 1 atom stereocenters. The minimum absolute atomic E-state index is 0.804. The van der Waals surface area contributed by atoms with Crippen LogP contribution in [0.3, 0.4) is 0 Å². The highest BCUT2D eigenvalue weighted by atomic mass is 28.3. The second kappa shape index (κ2) is 4.69. The Hall–Kier alpha value is -0.306. The molecule has 86 valence electrons. The van der Waals surface area contributed by atoms with Gasteiger partial charge in [0.2, 0.25) is 0 Å². The fourth-order valence-corrected chi connectivity index (χ4v) is 3.30. The molecule has 0 rings (SSSR count). The van der Waals surface area contributed by atoms with Crippen LogP contribution in [-0.2, 0) is 0 Å². The van der Waals surface area contributed by atoms with Gasteiger partial charge in [0.25, 0.3) is 0 Å². The molecule has 3 heteroatoms. The molecule has 0 saturated heterocycles. The van der Waals surface area contributed by atoms with E-state index >= 15 is 0 Å². The lowest BCUT2D eigenvalue weighted by Gasteiger charge is -2.33. The summed E-state index contributed by atoms with van der Waals surface area (Å²) in [5.74, 6) is 3.11. The summed E-state index contributed by atoms with van der Waals surface area (Å²) in [6.07, 6.45) is 1.90. The van der Waals surface area contributed by atoms with Crippen LogP contribution in [0.4, 0.5) is 0 Å². The van der Waals surface area contributed by atoms with Crippen LogP contribution in [0, 0.1) is 11.5 Å². The van der Waals surface area contributed by atoms with Gasteiger partial charge in [-0.15, -0.1) is 12.1 Å². The number of hydrogen-bond donors (Lipinski definition) is 1. The maximum absolute atomic E-state index is 10.4. The molecule has 0 saturated carbocycles. The van der Waals surface area contributed by atoms with Gasteiger partial charge in [0.15, 0.2) is 0 Å². The van der Waals surface area contributed by atoms with E-state index in [4.69, 9.17) is 0 Å². The van der Waals surface area contributed by atoms with Gasteiger partial charge in [0.05, 0.1) is 0 Å². The minimum Gasteiger partial charge on any atom is -0.381 e. The van der Waals surface area contributed by atoms with Crippen LogP contribution in [0.2, 0.25) is 38.8 Å². The van der Waals surface area contributed by atoms with Gasteiger partial charge in [-0.05, 0) is 13.0 Å². The predicted molar refractivity (Wildman–Crippen MR) is 74.2 cm³/mol. The molecule has 1 N–H and O–H groups in total. The van der Waals surface area contributed by atoms with Crippen LogP contribution >= 0.6 is 0 Å². The summed E-state index contributed by atoms with van der Waals surface area (Å²) < 4.78 is 0. The van der Waals surface area contributed by atoms with Crippen molar-refractivity contribution in [1.29, 1.82) is 0 Å². The van der Waals surface area contributed by atoms with Gasteiger partial charge in [-0.2, -0.15) is 0 Å². The van der Waals surface area contributed by atoms with E-state index in [1.165, 1.54) is 0 Å². The molecular weight excluding hydrogens is 216 g/mol. The highest BCUT2D eigenvalue weighted by molar-refractivity contribution is 6.84. The molecular formula is C12H24OSi2. The van der Waals surface area contributed by atoms with E-state index in [9.17, 15) is 5.11 Å². The fourth-order valence-electron chi connectivity index (χ4n) is 1.04. The van der Waals surface area contributed by atoms with Crippen molar-refractivity contribution in [1.82, 2.24) is 0 Å². The fraction of sp³-hybridized carbons (Fsp3) is 0.667. The zero-order chi connectivity index (χ0) is 12.3. The summed E-state index contributed by atoms with van der Waals surface area (Å²) in [6, 6.07) is 0.903. The Labute approximate surface area is 96.6 Å². The molecule has 0 amide bonds. The largest absolute Gasteiger partial charge is 0.381 e. The van der Waals surface area contributed by atoms with E-state index in [0.717, 1.165) is 6.04 Å². The highest BCUT2D eigenvalue weighted by Gasteiger charge is 2.39. The predicted octanol–water partition coefficient (Wildman–Crippen LogP) is 3.05. The molecule has 1 nitrogen and oxygen atoms in total. The molecule has 0 aromatic heterocycles. The SMILES string of the molecule is C=CC[Si](C)(C)C(C)(O)C#C[Si](C)(C)C. The molecule has 0 aliphatic heterocycles. The first-order chi connectivity index (χ1) is 6.52. The molecule has 0 spiro atoms. The van der Waals surface area contributed by atoms with Gasteiger partial charge in [-0.1, -0.05) is 44.7 Å². The van der Waals surface area contributed by atoms with Crippen molar-refractivity contribution in [2.45, 2.75) is 50.9 Å². The Morgan fingerprint density at radius 2 is 1.73 bits per heavy atom. The lowest BCUT2D eigenvalue weighted by Crippen LogP contribution is -2.51. The number of allylic oxidation sites excluding steroid dienone is 1. The summed E-state index contributed by atoms with van der Waals surface area (Å²) >= 11 is 0. The Bertz CT molecular complexity index is 287. The maximum atomic E-state index is 10.4. The van der Waals surface area contributed by atoms with E-state index in [1.807, 2.05) is 13.0 Å². The van der Waals surface area contributed by atoms with Crippen LogP contribution in [0.1, 0.15) is 6.92 Å². The van der Waals surface area contributed by atoms with Crippen molar-refractivity contribution < 1.29 is 5.11 Å². The summed E-state index contributed by atoms with van der Waals surface area (Å²) in [7, 11) is -3.14. The normalized spacial score (nSPS) is 16.2. The van der Waals surface area contributed by atoms with E-state index in [1.54, 1.807) is 0 Å². The van der Waals surface area contributed by atoms with E-state index < -0.39 is 21.4 Å². The minimum atomic E-state index is -1.74. The van der Waals surface area contributed by atoms with Crippen molar-refractivity contribution >= 4 is 16.1 Å². The Morgan fingerprint density at radius 1 is 1.27 bits per heavy atom. The molecule has 0 bridgehead atoms. The lowest BCUT2D eigenvalue weighted by atomic mass is 10.4. The molecule has 0 aromatic rings. The zero-order valence-corrected chi connectivity index (χ0v) is 12.9. The van der Waals surface area contributed by atoms with Gasteiger partial charge in [0, 0.05) is 0 Å². The van der Waals surface area contributed by atoms with Crippen LogP contribution in [0.5, 0.6) is 0 Å². The van der Waals surface area contributed by atoms with Gasteiger partial charge in [-0.3, -0.25) is 0 Å². The van der Waals surface area contributed by atoms with Crippen LogP contribution in [0.15, 0.2) is 12.7 Å². The number of rotatable bonds is 3. The molecule has 1 unspecified atom stereocenters. The third-order valence-corrected chi connectivity index (χ3v) is 7.60. The van der Waals surface area contributed by atoms with E-state index in [-0.39, 0.29) is 0 Å². The number of aliphatic hydroxyl groups is 1. The van der Waals surface area contributed by atoms with Crippen molar-refractivity contribution in [2.75, 3.05) is 0 Å². The van der Waals surface area contributed by atoms with E-state index in [0.29, 0.717) is 0 Å². The molecule has 0 radical (unpaired) electrons. The van der Waals surface area contributed by atoms with Crippen molar-refractivity contribution in [2.24, 2.45) is 0 Å². The standard InChI is InChI=1S/C12H24OSi2/c1-8-10-15(6,7)12(2,13)9-11-14(3,4)5/h8,13H,1,10H2,2-7H3. The maximum Gasteiger partial charge on any atom is 0.129 e. The summed E-state index contributed by atoms with van der Waals surface area (Å²) in [4.78, 5) is 0. The summed E-state index contributed by atoms with van der Waals surface area (Å²) in [5.41, 5.74) is 3.27. The second-order valence-electron chi connectivity index (χ2n) is 5.95. The molecule has 0 aliphatic carbocycles. The molecule has 0 heterocycles. The average molecular weight is 240 g/mol. The Balaban J connectivity index is 4.95. The van der Waals surface area contributed by atoms with Gasteiger partial charge in [0.1, 0.15) is 21.4 Å². The molecule has 15 heavy (non-hydrogen) atoms. The van der Waals surface area contributed by atoms with Crippen LogP contribution in [0.25, 0.3) is 0 Å². The lowest BCUT2D eigenvalue weighted by molar-refractivity contribution is 0.196. The quantitative estimate of drug-likeness (QED) is 0.457. The first-order valence-electron chi connectivity index (χ1n) is 5.39.